The van der Waals surface area contributed by atoms with E-state index in [-0.39, 0.29) is 16.3 Å². The van der Waals surface area contributed by atoms with Crippen LogP contribution < -0.4 is 10.6 Å². The number of hydrogen-bond donors (Lipinski definition) is 2. The zero-order valence-corrected chi connectivity index (χ0v) is 13.0. The summed E-state index contributed by atoms with van der Waals surface area (Å²) in [5.41, 5.74) is -0.159. The molecular formula is C14H17ClN2O4. The third kappa shape index (κ3) is 5.07. The summed E-state index contributed by atoms with van der Waals surface area (Å²) in [6.45, 7) is 5.26. The molecule has 0 fully saturated rings. The predicted octanol–water partition coefficient (Wildman–Crippen LogP) is 1.98. The van der Waals surface area contributed by atoms with Crippen molar-refractivity contribution in [1.29, 1.82) is 0 Å². The van der Waals surface area contributed by atoms with Gasteiger partial charge in [0.2, 0.25) is 0 Å². The van der Waals surface area contributed by atoms with Crippen molar-refractivity contribution in [3.63, 3.8) is 0 Å². The van der Waals surface area contributed by atoms with Crippen LogP contribution in [-0.2, 0) is 14.3 Å². The Balaban J connectivity index is 2.89. The number of anilines is 1. The van der Waals surface area contributed by atoms with Crippen LogP contribution in [0.15, 0.2) is 18.2 Å². The first kappa shape index (κ1) is 17.0. The molecule has 21 heavy (non-hydrogen) atoms. The molecule has 1 rings (SSSR count). The van der Waals surface area contributed by atoms with E-state index in [1.165, 1.54) is 25.3 Å². The maximum absolute atomic E-state index is 11.8. The first-order valence-corrected chi connectivity index (χ1v) is 6.53. The fourth-order valence-electron chi connectivity index (χ4n) is 1.44. The van der Waals surface area contributed by atoms with Gasteiger partial charge in [0.15, 0.2) is 0 Å². The Morgan fingerprint density at radius 3 is 2.29 bits per heavy atom. The minimum atomic E-state index is -0.867. The second-order valence-electron chi connectivity index (χ2n) is 5.34. The van der Waals surface area contributed by atoms with Gasteiger partial charge in [-0.15, -0.1) is 0 Å². The Morgan fingerprint density at radius 2 is 1.76 bits per heavy atom. The third-order valence-electron chi connectivity index (χ3n) is 2.33. The second-order valence-corrected chi connectivity index (χ2v) is 5.75. The number of benzene rings is 1. The molecule has 0 atom stereocenters. The maximum Gasteiger partial charge on any atom is 0.337 e. The van der Waals surface area contributed by atoms with E-state index in [1.54, 1.807) is 20.8 Å². The molecule has 2 amide bonds. The van der Waals surface area contributed by atoms with Crippen LogP contribution in [0.5, 0.6) is 0 Å². The van der Waals surface area contributed by atoms with Gasteiger partial charge in [-0.1, -0.05) is 11.6 Å². The van der Waals surface area contributed by atoms with Crippen LogP contribution in [-0.4, -0.2) is 30.4 Å². The lowest BCUT2D eigenvalue weighted by atomic mass is 10.1. The standard InChI is InChI=1S/C14H17ClN2O4/c1-14(2,3)17-12(19)11(18)16-10-7-8(13(20)21-4)5-6-9(10)15/h5-7H,1-4H3,(H,16,18)(H,17,19). The van der Waals surface area contributed by atoms with Crippen molar-refractivity contribution in [2.24, 2.45) is 0 Å². The summed E-state index contributed by atoms with van der Waals surface area (Å²) in [6.07, 6.45) is 0. The zero-order chi connectivity index (χ0) is 16.2. The van der Waals surface area contributed by atoms with Gasteiger partial charge in [-0.05, 0) is 39.0 Å². The summed E-state index contributed by atoms with van der Waals surface area (Å²) >= 11 is 5.93. The van der Waals surface area contributed by atoms with Crippen molar-refractivity contribution >= 4 is 35.1 Å². The molecule has 0 aliphatic rings. The van der Waals surface area contributed by atoms with Gasteiger partial charge in [-0.3, -0.25) is 9.59 Å². The Labute approximate surface area is 127 Å². The molecule has 0 radical (unpaired) electrons. The van der Waals surface area contributed by atoms with Crippen LogP contribution in [0.1, 0.15) is 31.1 Å². The quantitative estimate of drug-likeness (QED) is 0.646. The highest BCUT2D eigenvalue weighted by Gasteiger charge is 2.21. The van der Waals surface area contributed by atoms with Crippen LogP contribution in [0.4, 0.5) is 5.69 Å². The van der Waals surface area contributed by atoms with Crippen molar-refractivity contribution < 1.29 is 19.1 Å². The van der Waals surface area contributed by atoms with Crippen molar-refractivity contribution in [3.8, 4) is 0 Å². The number of nitrogens with one attached hydrogen (secondary N) is 2. The van der Waals surface area contributed by atoms with Gasteiger partial charge in [0.1, 0.15) is 0 Å². The van der Waals surface area contributed by atoms with Crippen molar-refractivity contribution in [2.75, 3.05) is 12.4 Å². The average Bonchev–Trinajstić information content (AvgIpc) is 2.38. The van der Waals surface area contributed by atoms with Gasteiger partial charge >= 0.3 is 17.8 Å². The highest BCUT2D eigenvalue weighted by atomic mass is 35.5. The number of halogens is 1. The van der Waals surface area contributed by atoms with Gasteiger partial charge in [0, 0.05) is 5.54 Å². The number of ether oxygens (including phenoxy) is 1. The lowest BCUT2D eigenvalue weighted by molar-refractivity contribution is -0.137. The van der Waals surface area contributed by atoms with Gasteiger partial charge in [-0.2, -0.15) is 0 Å². The molecule has 1 aromatic carbocycles. The topological polar surface area (TPSA) is 84.5 Å². The van der Waals surface area contributed by atoms with E-state index in [1.807, 2.05) is 0 Å². The molecule has 6 nitrogen and oxygen atoms in total. The molecule has 0 bridgehead atoms. The normalized spacial score (nSPS) is 10.7. The fraction of sp³-hybridized carbons (Fsp3) is 0.357. The summed E-state index contributed by atoms with van der Waals surface area (Å²) in [7, 11) is 1.24. The number of hydrogen-bond acceptors (Lipinski definition) is 4. The van der Waals surface area contributed by atoms with E-state index >= 15 is 0 Å². The highest BCUT2D eigenvalue weighted by molar-refractivity contribution is 6.41. The van der Waals surface area contributed by atoms with E-state index in [0.717, 1.165) is 0 Å². The largest absolute Gasteiger partial charge is 0.465 e. The van der Waals surface area contributed by atoms with E-state index in [2.05, 4.69) is 15.4 Å². The molecule has 0 saturated carbocycles. The van der Waals surface area contributed by atoms with Crippen molar-refractivity contribution in [2.45, 2.75) is 26.3 Å². The SMILES string of the molecule is COC(=O)c1ccc(Cl)c(NC(=O)C(=O)NC(C)(C)C)c1. The summed E-state index contributed by atoms with van der Waals surface area (Å²) in [6, 6.07) is 4.24. The highest BCUT2D eigenvalue weighted by Crippen LogP contribution is 2.23. The van der Waals surface area contributed by atoms with Crippen LogP contribution in [0.3, 0.4) is 0 Å². The van der Waals surface area contributed by atoms with Crippen LogP contribution in [0.25, 0.3) is 0 Å². The lowest BCUT2D eigenvalue weighted by Crippen LogP contribution is -2.46. The molecule has 0 aromatic heterocycles. The molecule has 0 saturated heterocycles. The lowest BCUT2D eigenvalue weighted by Gasteiger charge is -2.20. The summed E-state index contributed by atoms with van der Waals surface area (Å²) in [4.78, 5) is 34.9. The Bertz CT molecular complexity index is 579. The monoisotopic (exact) mass is 312 g/mol. The zero-order valence-electron chi connectivity index (χ0n) is 12.2. The minimum absolute atomic E-state index is 0.161. The van der Waals surface area contributed by atoms with E-state index in [0.29, 0.717) is 0 Å². The molecule has 0 unspecified atom stereocenters. The molecule has 0 heterocycles. The van der Waals surface area contributed by atoms with Crippen molar-refractivity contribution in [1.82, 2.24) is 5.32 Å². The van der Waals surface area contributed by atoms with E-state index in [9.17, 15) is 14.4 Å². The summed E-state index contributed by atoms with van der Waals surface area (Å²) < 4.78 is 4.58. The number of carbonyl (C=O) groups is 3. The third-order valence-corrected chi connectivity index (χ3v) is 2.66. The first-order chi connectivity index (χ1) is 9.64. The van der Waals surface area contributed by atoms with Gasteiger partial charge in [-0.25, -0.2) is 4.79 Å². The van der Waals surface area contributed by atoms with Crippen LogP contribution >= 0.6 is 11.6 Å². The number of carbonyl (C=O) groups excluding carboxylic acids is 3. The average molecular weight is 313 g/mol. The van der Waals surface area contributed by atoms with Crippen LogP contribution in [0, 0.1) is 0 Å². The minimum Gasteiger partial charge on any atom is -0.465 e. The number of methoxy groups -OCH3 is 1. The number of rotatable bonds is 2. The van der Waals surface area contributed by atoms with Gasteiger partial charge in [0.25, 0.3) is 0 Å². The molecule has 7 heteroatoms. The Morgan fingerprint density at radius 1 is 1.14 bits per heavy atom. The number of amides is 2. The maximum atomic E-state index is 11.8. The van der Waals surface area contributed by atoms with E-state index in [4.69, 9.17) is 11.6 Å². The van der Waals surface area contributed by atoms with Gasteiger partial charge in [0.05, 0.1) is 23.4 Å². The smallest absolute Gasteiger partial charge is 0.337 e. The Kier molecular flexibility index (Phi) is 5.32. The molecule has 0 aliphatic carbocycles. The van der Waals surface area contributed by atoms with Crippen LogP contribution in [0.2, 0.25) is 5.02 Å². The fourth-order valence-corrected chi connectivity index (χ4v) is 1.61. The molecular weight excluding hydrogens is 296 g/mol. The van der Waals surface area contributed by atoms with Gasteiger partial charge < -0.3 is 15.4 Å². The Hall–Kier alpha value is -2.08. The summed E-state index contributed by atoms with van der Waals surface area (Å²) in [5, 5.41) is 5.09. The first-order valence-electron chi connectivity index (χ1n) is 6.15. The molecule has 1 aromatic rings. The second kappa shape index (κ2) is 6.58. The molecule has 2 N–H and O–H groups in total. The van der Waals surface area contributed by atoms with E-state index < -0.39 is 23.3 Å². The molecule has 114 valence electrons. The predicted molar refractivity (Wildman–Crippen MR) is 79.3 cm³/mol. The molecule has 0 spiro atoms. The summed E-state index contributed by atoms with van der Waals surface area (Å²) in [5.74, 6) is -2.22. The van der Waals surface area contributed by atoms with Crippen molar-refractivity contribution in [3.05, 3.63) is 28.8 Å². The molecule has 0 aliphatic heterocycles. The number of esters is 1.